The average Bonchev–Trinajstić information content (AvgIpc) is 2.59. The number of fused-ring (bicyclic) bond motifs is 3. The van der Waals surface area contributed by atoms with Gasteiger partial charge in [0, 0.05) is 11.6 Å². The highest BCUT2D eigenvalue weighted by Gasteiger charge is 2.07. The van der Waals surface area contributed by atoms with E-state index >= 15 is 0 Å². The summed E-state index contributed by atoms with van der Waals surface area (Å²) < 4.78 is 2.03. The number of phenolic OH excluding ortho intramolecular Hbond substituents is 1. The smallest absolute Gasteiger partial charge is 0.133 e. The quantitative estimate of drug-likeness (QED) is 0.606. The molecule has 68 valence electrons. The van der Waals surface area contributed by atoms with Crippen LogP contribution in [-0.2, 0) is 0 Å². The van der Waals surface area contributed by atoms with Crippen molar-refractivity contribution >= 4 is 31.6 Å². The molecule has 0 amide bonds. The predicted octanol–water partition coefficient (Wildman–Crippen LogP) is 3.16. The second-order valence-corrected chi connectivity index (χ2v) is 4.16. The number of phenols is 1. The lowest BCUT2D eigenvalue weighted by Gasteiger charge is -1.91. The number of aromatic nitrogens is 1. The van der Waals surface area contributed by atoms with Crippen molar-refractivity contribution in [3.05, 3.63) is 36.5 Å². The van der Waals surface area contributed by atoms with Gasteiger partial charge < -0.3 is 5.11 Å². The lowest BCUT2D eigenvalue weighted by Crippen LogP contribution is -1.70. The first kappa shape index (κ1) is 7.76. The maximum atomic E-state index is 9.65. The Morgan fingerprint density at radius 1 is 1.14 bits per heavy atom. The number of aromatic hydroxyl groups is 1. The molecule has 1 N–H and O–H groups in total. The van der Waals surface area contributed by atoms with E-state index < -0.39 is 0 Å². The van der Waals surface area contributed by atoms with Crippen LogP contribution in [0, 0.1) is 0 Å². The molecule has 0 fully saturated rings. The summed E-state index contributed by atoms with van der Waals surface area (Å²) in [4.78, 5) is 4.31. The van der Waals surface area contributed by atoms with Gasteiger partial charge in [0.1, 0.15) is 5.75 Å². The SMILES string of the molecule is Oc1cccc2c1sc1cccnc12. The lowest BCUT2D eigenvalue weighted by atomic mass is 10.2. The molecule has 0 spiro atoms. The third-order valence-electron chi connectivity index (χ3n) is 2.23. The number of benzene rings is 1. The van der Waals surface area contributed by atoms with Gasteiger partial charge in [-0.2, -0.15) is 0 Å². The third-order valence-corrected chi connectivity index (χ3v) is 3.41. The fraction of sp³-hybridized carbons (Fsp3) is 0. The Balaban J connectivity index is 2.63. The van der Waals surface area contributed by atoms with Gasteiger partial charge in [-0.15, -0.1) is 11.3 Å². The molecule has 0 unspecified atom stereocenters. The topological polar surface area (TPSA) is 33.1 Å². The molecule has 0 bridgehead atoms. The molecule has 2 aromatic heterocycles. The highest BCUT2D eigenvalue weighted by atomic mass is 32.1. The number of hydrogen-bond donors (Lipinski definition) is 1. The Morgan fingerprint density at radius 3 is 3.00 bits per heavy atom. The molecule has 3 rings (SSSR count). The van der Waals surface area contributed by atoms with E-state index in [-0.39, 0.29) is 0 Å². The van der Waals surface area contributed by atoms with E-state index in [0.717, 1.165) is 20.3 Å². The van der Waals surface area contributed by atoms with Crippen molar-refractivity contribution in [2.75, 3.05) is 0 Å². The summed E-state index contributed by atoms with van der Waals surface area (Å²) in [6.07, 6.45) is 1.78. The van der Waals surface area contributed by atoms with Crippen LogP contribution in [0.15, 0.2) is 36.5 Å². The van der Waals surface area contributed by atoms with Crippen LogP contribution in [0.2, 0.25) is 0 Å². The van der Waals surface area contributed by atoms with E-state index in [1.54, 1.807) is 23.6 Å². The lowest BCUT2D eigenvalue weighted by molar-refractivity contribution is 0.482. The summed E-state index contributed by atoms with van der Waals surface area (Å²) in [5.74, 6) is 0.338. The molecule has 3 heteroatoms. The number of pyridine rings is 1. The van der Waals surface area contributed by atoms with Gasteiger partial charge in [0.25, 0.3) is 0 Å². The Bertz CT molecular complexity index is 615. The summed E-state index contributed by atoms with van der Waals surface area (Å²) in [5, 5.41) is 10.7. The van der Waals surface area contributed by atoms with Gasteiger partial charge in [0.2, 0.25) is 0 Å². The van der Waals surface area contributed by atoms with Crippen LogP contribution in [0.25, 0.3) is 20.3 Å². The van der Waals surface area contributed by atoms with Gasteiger partial charge in [-0.05, 0) is 18.2 Å². The van der Waals surface area contributed by atoms with Crippen molar-refractivity contribution in [2.24, 2.45) is 0 Å². The second-order valence-electron chi connectivity index (χ2n) is 3.11. The summed E-state index contributed by atoms with van der Waals surface area (Å²) in [6, 6.07) is 9.47. The number of nitrogens with zero attached hydrogens (tertiary/aromatic N) is 1. The Hall–Kier alpha value is -1.61. The van der Waals surface area contributed by atoms with E-state index in [1.807, 2.05) is 24.3 Å². The largest absolute Gasteiger partial charge is 0.506 e. The van der Waals surface area contributed by atoms with E-state index in [9.17, 15) is 5.11 Å². The van der Waals surface area contributed by atoms with Gasteiger partial charge in [-0.1, -0.05) is 12.1 Å². The molecule has 2 nitrogen and oxygen atoms in total. The molecular weight excluding hydrogens is 194 g/mol. The second kappa shape index (κ2) is 2.69. The van der Waals surface area contributed by atoms with Crippen LogP contribution in [0.3, 0.4) is 0 Å². The Labute approximate surface area is 84.4 Å². The number of hydrogen-bond acceptors (Lipinski definition) is 3. The molecule has 0 aliphatic rings. The third kappa shape index (κ3) is 0.930. The van der Waals surface area contributed by atoms with Gasteiger partial charge in [0.05, 0.1) is 14.9 Å². The van der Waals surface area contributed by atoms with Crippen molar-refractivity contribution < 1.29 is 5.11 Å². The zero-order valence-electron chi connectivity index (χ0n) is 7.27. The normalized spacial score (nSPS) is 11.1. The highest BCUT2D eigenvalue weighted by molar-refractivity contribution is 7.26. The first-order valence-corrected chi connectivity index (χ1v) is 5.13. The maximum Gasteiger partial charge on any atom is 0.133 e. The molecule has 0 radical (unpaired) electrons. The molecule has 2 heterocycles. The minimum absolute atomic E-state index is 0.338. The Kier molecular flexibility index (Phi) is 1.49. The van der Waals surface area contributed by atoms with Crippen LogP contribution in [0.1, 0.15) is 0 Å². The molecule has 0 saturated carbocycles. The number of rotatable bonds is 0. The van der Waals surface area contributed by atoms with E-state index in [4.69, 9.17) is 0 Å². The fourth-order valence-electron chi connectivity index (χ4n) is 1.60. The van der Waals surface area contributed by atoms with Crippen molar-refractivity contribution in [1.82, 2.24) is 4.98 Å². The molecule has 0 atom stereocenters. The van der Waals surface area contributed by atoms with E-state index in [1.165, 1.54) is 0 Å². The van der Waals surface area contributed by atoms with Crippen LogP contribution in [0.4, 0.5) is 0 Å². The molecule has 3 aromatic rings. The summed E-state index contributed by atoms with van der Waals surface area (Å²) in [5.41, 5.74) is 0.975. The first-order valence-electron chi connectivity index (χ1n) is 4.31. The predicted molar refractivity (Wildman–Crippen MR) is 58.8 cm³/mol. The standard InChI is InChI=1S/C11H7NOS/c13-8-4-1-3-7-10-9(14-11(7)8)5-2-6-12-10/h1-6,13H. The minimum Gasteiger partial charge on any atom is -0.506 e. The van der Waals surface area contributed by atoms with Gasteiger partial charge in [-0.3, -0.25) is 4.98 Å². The maximum absolute atomic E-state index is 9.65. The van der Waals surface area contributed by atoms with E-state index in [2.05, 4.69) is 4.98 Å². The average molecular weight is 201 g/mol. The molecular formula is C11H7NOS. The van der Waals surface area contributed by atoms with Crippen molar-refractivity contribution in [2.45, 2.75) is 0 Å². The zero-order chi connectivity index (χ0) is 9.54. The molecule has 0 aliphatic heterocycles. The molecule has 0 saturated heterocycles. The van der Waals surface area contributed by atoms with Crippen molar-refractivity contribution in [3.63, 3.8) is 0 Å². The van der Waals surface area contributed by atoms with Gasteiger partial charge >= 0.3 is 0 Å². The molecule has 0 aliphatic carbocycles. The van der Waals surface area contributed by atoms with Crippen LogP contribution in [0.5, 0.6) is 5.75 Å². The van der Waals surface area contributed by atoms with Gasteiger partial charge in [-0.25, -0.2) is 0 Å². The minimum atomic E-state index is 0.338. The summed E-state index contributed by atoms with van der Waals surface area (Å²) in [6.45, 7) is 0. The highest BCUT2D eigenvalue weighted by Crippen LogP contribution is 2.37. The van der Waals surface area contributed by atoms with Crippen LogP contribution < -0.4 is 0 Å². The Morgan fingerprint density at radius 2 is 2.07 bits per heavy atom. The zero-order valence-corrected chi connectivity index (χ0v) is 8.08. The number of thiophene rings is 1. The summed E-state index contributed by atoms with van der Waals surface area (Å²) >= 11 is 1.58. The van der Waals surface area contributed by atoms with Crippen molar-refractivity contribution in [1.29, 1.82) is 0 Å². The fourth-order valence-corrected chi connectivity index (χ4v) is 2.68. The van der Waals surface area contributed by atoms with Crippen LogP contribution >= 0.6 is 11.3 Å². The van der Waals surface area contributed by atoms with Gasteiger partial charge in [0.15, 0.2) is 0 Å². The van der Waals surface area contributed by atoms with E-state index in [0.29, 0.717) is 5.75 Å². The van der Waals surface area contributed by atoms with Crippen LogP contribution in [-0.4, -0.2) is 10.1 Å². The van der Waals surface area contributed by atoms with Crippen molar-refractivity contribution in [3.8, 4) is 5.75 Å². The summed E-state index contributed by atoms with van der Waals surface area (Å²) in [7, 11) is 0. The monoisotopic (exact) mass is 201 g/mol. The molecule has 14 heavy (non-hydrogen) atoms. The molecule has 1 aromatic carbocycles. The first-order chi connectivity index (χ1) is 6.86.